The molecule has 122 valence electrons. The fourth-order valence-corrected chi connectivity index (χ4v) is 2.66. The fraction of sp³-hybridized carbons (Fsp3) is 0.375. The third-order valence-electron chi connectivity index (χ3n) is 3.70. The molecule has 0 bridgehead atoms. The van der Waals surface area contributed by atoms with Gasteiger partial charge in [-0.05, 0) is 17.7 Å². The van der Waals surface area contributed by atoms with Crippen molar-refractivity contribution in [2.45, 2.75) is 6.10 Å². The van der Waals surface area contributed by atoms with E-state index in [1.807, 2.05) is 30.3 Å². The number of aliphatic hydroxyl groups is 1. The van der Waals surface area contributed by atoms with Crippen molar-refractivity contribution in [1.82, 2.24) is 9.97 Å². The predicted octanol–water partition coefficient (Wildman–Crippen LogP) is 2.11. The number of ether oxygens (including phenoxy) is 1. The first-order valence-electron chi connectivity index (χ1n) is 7.55. The van der Waals surface area contributed by atoms with Gasteiger partial charge in [0.1, 0.15) is 24.1 Å². The molecule has 0 radical (unpaired) electrons. The van der Waals surface area contributed by atoms with Gasteiger partial charge in [-0.2, -0.15) is 0 Å². The summed E-state index contributed by atoms with van der Waals surface area (Å²) in [6.45, 7) is 2.66. The number of nitrogens with one attached hydrogen (secondary N) is 1. The second kappa shape index (κ2) is 7.59. The molecule has 6 nitrogen and oxygen atoms in total. The topological polar surface area (TPSA) is 70.5 Å². The molecule has 3 rings (SSSR count). The lowest BCUT2D eigenvalue weighted by Gasteiger charge is -2.34. The van der Waals surface area contributed by atoms with Gasteiger partial charge in [0.15, 0.2) is 0 Å². The molecule has 1 atom stereocenters. The summed E-state index contributed by atoms with van der Waals surface area (Å²) in [4.78, 5) is 10.7. The average Bonchev–Trinajstić information content (AvgIpc) is 2.61. The van der Waals surface area contributed by atoms with Crippen molar-refractivity contribution in [2.24, 2.45) is 0 Å². The molecule has 2 N–H and O–H groups in total. The lowest BCUT2D eigenvalue weighted by Crippen LogP contribution is -2.38. The zero-order valence-electron chi connectivity index (χ0n) is 12.7. The normalized spacial score (nSPS) is 18.0. The van der Waals surface area contributed by atoms with Gasteiger partial charge in [0.05, 0.1) is 13.2 Å². The Balaban J connectivity index is 1.72. The number of nitrogens with zero attached hydrogens (tertiary/aromatic N) is 3. The minimum atomic E-state index is -0.00941. The molecule has 2 aromatic rings. The molecule has 1 aliphatic heterocycles. The molecule has 0 amide bonds. The summed E-state index contributed by atoms with van der Waals surface area (Å²) in [6.07, 6.45) is 1.52. The van der Waals surface area contributed by atoms with E-state index in [1.165, 1.54) is 6.33 Å². The second-order valence-corrected chi connectivity index (χ2v) is 5.71. The van der Waals surface area contributed by atoms with Crippen molar-refractivity contribution in [3.8, 4) is 0 Å². The first kappa shape index (κ1) is 16.0. The Bertz CT molecular complexity index is 638. The first-order chi connectivity index (χ1) is 11.3. The molecule has 2 heterocycles. The Kier molecular flexibility index (Phi) is 5.27. The van der Waals surface area contributed by atoms with Crippen LogP contribution >= 0.6 is 11.6 Å². The van der Waals surface area contributed by atoms with Gasteiger partial charge < -0.3 is 20.1 Å². The lowest BCUT2D eigenvalue weighted by molar-refractivity contribution is 0.0395. The first-order valence-corrected chi connectivity index (χ1v) is 7.93. The van der Waals surface area contributed by atoms with E-state index in [2.05, 4.69) is 20.2 Å². The standard InChI is InChI=1S/C16H19ClN4O2/c17-13-3-1-12(2-4-13)14-10-21(6-8-23-14)16-9-15(18-5-7-22)19-11-20-16/h1-4,9,11,14,22H,5-8,10H2,(H,18,19,20). The molecule has 7 heteroatoms. The van der Waals surface area contributed by atoms with Crippen molar-refractivity contribution >= 4 is 23.2 Å². The van der Waals surface area contributed by atoms with Crippen molar-refractivity contribution in [3.63, 3.8) is 0 Å². The Hall–Kier alpha value is -1.89. The van der Waals surface area contributed by atoms with E-state index in [-0.39, 0.29) is 12.7 Å². The van der Waals surface area contributed by atoms with E-state index in [0.29, 0.717) is 19.0 Å². The molecule has 0 aliphatic carbocycles. The highest BCUT2D eigenvalue weighted by Crippen LogP contribution is 2.26. The molecule has 1 aromatic heterocycles. The van der Waals surface area contributed by atoms with Crippen LogP contribution in [-0.2, 0) is 4.74 Å². The molecule has 0 spiro atoms. The van der Waals surface area contributed by atoms with E-state index in [0.717, 1.165) is 29.5 Å². The third kappa shape index (κ3) is 4.10. The van der Waals surface area contributed by atoms with Crippen LogP contribution in [0.25, 0.3) is 0 Å². The van der Waals surface area contributed by atoms with Crippen LogP contribution in [0, 0.1) is 0 Å². The minimum absolute atomic E-state index is 0.00941. The molecule has 1 unspecified atom stereocenters. The smallest absolute Gasteiger partial charge is 0.134 e. The minimum Gasteiger partial charge on any atom is -0.395 e. The third-order valence-corrected chi connectivity index (χ3v) is 3.95. The van der Waals surface area contributed by atoms with E-state index < -0.39 is 0 Å². The number of aliphatic hydroxyl groups excluding tert-OH is 1. The molecular weight excluding hydrogens is 316 g/mol. The van der Waals surface area contributed by atoms with E-state index in [1.54, 1.807) is 0 Å². The number of morpholine rings is 1. The number of rotatable bonds is 5. The maximum Gasteiger partial charge on any atom is 0.134 e. The van der Waals surface area contributed by atoms with Crippen LogP contribution in [0.5, 0.6) is 0 Å². The average molecular weight is 335 g/mol. The Morgan fingerprint density at radius 1 is 1.30 bits per heavy atom. The summed E-state index contributed by atoms with van der Waals surface area (Å²) in [7, 11) is 0. The van der Waals surface area contributed by atoms with Crippen molar-refractivity contribution < 1.29 is 9.84 Å². The zero-order valence-corrected chi connectivity index (χ0v) is 13.4. The maximum atomic E-state index is 8.88. The van der Waals surface area contributed by atoms with Crippen LogP contribution in [0.1, 0.15) is 11.7 Å². The van der Waals surface area contributed by atoms with Gasteiger partial charge >= 0.3 is 0 Å². The molecular formula is C16H19ClN4O2. The summed E-state index contributed by atoms with van der Waals surface area (Å²) in [5.41, 5.74) is 1.10. The van der Waals surface area contributed by atoms with Crippen molar-refractivity contribution in [2.75, 3.05) is 43.1 Å². The highest BCUT2D eigenvalue weighted by atomic mass is 35.5. The molecule has 0 saturated carbocycles. The molecule has 1 aromatic carbocycles. The molecule has 1 saturated heterocycles. The predicted molar refractivity (Wildman–Crippen MR) is 90.0 cm³/mol. The van der Waals surface area contributed by atoms with Crippen LogP contribution in [0.2, 0.25) is 5.02 Å². The van der Waals surface area contributed by atoms with Gasteiger partial charge in [0.25, 0.3) is 0 Å². The second-order valence-electron chi connectivity index (χ2n) is 5.27. The van der Waals surface area contributed by atoms with Gasteiger partial charge in [0, 0.05) is 30.7 Å². The van der Waals surface area contributed by atoms with Crippen LogP contribution in [0.4, 0.5) is 11.6 Å². The summed E-state index contributed by atoms with van der Waals surface area (Å²) in [5.74, 6) is 1.56. The van der Waals surface area contributed by atoms with Crippen molar-refractivity contribution in [3.05, 3.63) is 47.2 Å². The summed E-state index contributed by atoms with van der Waals surface area (Å²) in [6, 6.07) is 9.62. The monoisotopic (exact) mass is 334 g/mol. The number of aromatic nitrogens is 2. The molecule has 23 heavy (non-hydrogen) atoms. The lowest BCUT2D eigenvalue weighted by atomic mass is 10.1. The summed E-state index contributed by atoms with van der Waals surface area (Å²) >= 11 is 5.94. The molecule has 1 aliphatic rings. The maximum absolute atomic E-state index is 8.88. The Labute approximate surface area is 140 Å². The van der Waals surface area contributed by atoms with E-state index in [4.69, 9.17) is 21.4 Å². The van der Waals surface area contributed by atoms with Crippen LogP contribution in [-0.4, -0.2) is 47.9 Å². The van der Waals surface area contributed by atoms with Gasteiger partial charge in [-0.25, -0.2) is 9.97 Å². The fourth-order valence-electron chi connectivity index (χ4n) is 2.54. The highest BCUT2D eigenvalue weighted by Gasteiger charge is 2.23. The summed E-state index contributed by atoms with van der Waals surface area (Å²) in [5, 5.41) is 12.7. The van der Waals surface area contributed by atoms with Gasteiger partial charge in [-0.1, -0.05) is 23.7 Å². The SMILES string of the molecule is OCCNc1cc(N2CCOC(c3ccc(Cl)cc3)C2)ncn1. The number of hydrogen-bond acceptors (Lipinski definition) is 6. The number of benzene rings is 1. The number of hydrogen-bond donors (Lipinski definition) is 2. The van der Waals surface area contributed by atoms with Gasteiger partial charge in [0.2, 0.25) is 0 Å². The quantitative estimate of drug-likeness (QED) is 0.872. The van der Waals surface area contributed by atoms with Crippen molar-refractivity contribution in [1.29, 1.82) is 0 Å². The highest BCUT2D eigenvalue weighted by molar-refractivity contribution is 6.30. The van der Waals surface area contributed by atoms with Crippen LogP contribution in [0.15, 0.2) is 36.7 Å². The van der Waals surface area contributed by atoms with Gasteiger partial charge in [-0.3, -0.25) is 0 Å². The number of anilines is 2. The van der Waals surface area contributed by atoms with Crippen LogP contribution < -0.4 is 10.2 Å². The summed E-state index contributed by atoms with van der Waals surface area (Å²) < 4.78 is 5.87. The largest absolute Gasteiger partial charge is 0.395 e. The van der Waals surface area contributed by atoms with Gasteiger partial charge in [-0.15, -0.1) is 0 Å². The Morgan fingerprint density at radius 3 is 2.91 bits per heavy atom. The van der Waals surface area contributed by atoms with Crippen LogP contribution in [0.3, 0.4) is 0 Å². The molecule has 1 fully saturated rings. The Morgan fingerprint density at radius 2 is 2.13 bits per heavy atom. The van der Waals surface area contributed by atoms with E-state index in [9.17, 15) is 0 Å². The number of halogens is 1. The zero-order chi connectivity index (χ0) is 16.1. The van der Waals surface area contributed by atoms with E-state index >= 15 is 0 Å².